The molecule has 3 aromatic rings. The topological polar surface area (TPSA) is 71.4 Å². The highest BCUT2D eigenvalue weighted by Gasteiger charge is 2.08. The van der Waals surface area contributed by atoms with Gasteiger partial charge in [0, 0.05) is 48.4 Å². The fraction of sp³-hybridized carbons (Fsp3) is 0.318. The van der Waals surface area contributed by atoms with Crippen LogP contribution < -0.4 is 15.4 Å². The summed E-state index contributed by atoms with van der Waals surface area (Å²) < 4.78 is 19.2. The molecule has 0 atom stereocenters. The van der Waals surface area contributed by atoms with Crippen LogP contribution in [0.5, 0.6) is 11.6 Å². The van der Waals surface area contributed by atoms with Crippen LogP contribution in [0.4, 0.5) is 4.39 Å². The van der Waals surface area contributed by atoms with Gasteiger partial charge >= 0.3 is 0 Å². The van der Waals surface area contributed by atoms with E-state index >= 15 is 0 Å². The summed E-state index contributed by atoms with van der Waals surface area (Å²) in [5.74, 6) is 1.18. The van der Waals surface area contributed by atoms with Crippen molar-refractivity contribution in [1.29, 1.82) is 0 Å². The Hall–Kier alpha value is -2.27. The summed E-state index contributed by atoms with van der Waals surface area (Å²) in [6.07, 6.45) is 5.45. The number of nitrogens with zero attached hydrogens (tertiary/aromatic N) is 3. The second-order valence-corrected chi connectivity index (χ2v) is 7.67. The highest BCUT2D eigenvalue weighted by atomic mass is 127. The van der Waals surface area contributed by atoms with Gasteiger partial charge in [0.2, 0.25) is 5.88 Å². The minimum Gasteiger partial charge on any atom is -0.439 e. The van der Waals surface area contributed by atoms with E-state index in [9.17, 15) is 4.39 Å². The van der Waals surface area contributed by atoms with Crippen molar-refractivity contribution in [2.45, 2.75) is 33.2 Å². The quantitative estimate of drug-likeness (QED) is 0.222. The summed E-state index contributed by atoms with van der Waals surface area (Å²) >= 11 is 1.75. The van der Waals surface area contributed by atoms with Gasteiger partial charge in [0.1, 0.15) is 11.6 Å². The number of thiazole rings is 1. The number of rotatable bonds is 9. The van der Waals surface area contributed by atoms with Crippen LogP contribution in [-0.2, 0) is 19.4 Å². The van der Waals surface area contributed by atoms with Crippen molar-refractivity contribution in [1.82, 2.24) is 20.6 Å². The first kappa shape index (κ1) is 25.0. The van der Waals surface area contributed by atoms with Crippen LogP contribution in [0.1, 0.15) is 29.3 Å². The average Bonchev–Trinajstić information content (AvgIpc) is 3.21. The van der Waals surface area contributed by atoms with E-state index in [1.54, 1.807) is 29.7 Å². The lowest BCUT2D eigenvalue weighted by molar-refractivity contribution is 0.452. The van der Waals surface area contributed by atoms with Gasteiger partial charge < -0.3 is 15.4 Å². The third kappa shape index (κ3) is 8.06. The molecule has 0 radical (unpaired) electrons. The van der Waals surface area contributed by atoms with E-state index in [0.29, 0.717) is 24.1 Å². The summed E-state index contributed by atoms with van der Waals surface area (Å²) in [7, 11) is 0. The highest BCUT2D eigenvalue weighted by Crippen LogP contribution is 2.24. The Morgan fingerprint density at radius 2 is 2.03 bits per heavy atom. The molecule has 3 rings (SSSR count). The number of aromatic nitrogens is 2. The van der Waals surface area contributed by atoms with Crippen LogP contribution in [0, 0.1) is 5.82 Å². The maximum Gasteiger partial charge on any atom is 0.224 e. The number of aryl methyl sites for hydroxylation is 1. The molecule has 0 bridgehead atoms. The minimum atomic E-state index is -0.354. The molecule has 2 N–H and O–H groups in total. The second kappa shape index (κ2) is 13.2. The van der Waals surface area contributed by atoms with Gasteiger partial charge in [-0.25, -0.2) is 19.4 Å². The summed E-state index contributed by atoms with van der Waals surface area (Å²) in [6.45, 7) is 6.03. The molecule has 166 valence electrons. The van der Waals surface area contributed by atoms with Crippen molar-refractivity contribution >= 4 is 41.3 Å². The van der Waals surface area contributed by atoms with Crippen LogP contribution in [-0.4, -0.2) is 29.0 Å². The van der Waals surface area contributed by atoms with Crippen LogP contribution in [0.15, 0.2) is 53.8 Å². The van der Waals surface area contributed by atoms with Gasteiger partial charge in [-0.3, -0.25) is 0 Å². The maximum atomic E-state index is 13.4. The monoisotopic (exact) mass is 555 g/mol. The molecule has 6 nitrogen and oxygen atoms in total. The summed E-state index contributed by atoms with van der Waals surface area (Å²) in [5, 5.41) is 7.70. The lowest BCUT2D eigenvalue weighted by Crippen LogP contribution is -2.38. The minimum absolute atomic E-state index is 0. The van der Waals surface area contributed by atoms with E-state index in [1.165, 1.54) is 17.0 Å². The van der Waals surface area contributed by atoms with Gasteiger partial charge in [-0.2, -0.15) is 0 Å². The van der Waals surface area contributed by atoms with Gasteiger partial charge in [0.25, 0.3) is 0 Å². The predicted molar refractivity (Wildman–Crippen MR) is 134 cm³/mol. The Balaban J connectivity index is 0.00000341. The van der Waals surface area contributed by atoms with Crippen LogP contribution in [0.2, 0.25) is 0 Å². The molecule has 0 unspecified atom stereocenters. The molecular formula is C22H27FIN5OS. The fourth-order valence-electron chi connectivity index (χ4n) is 2.70. The normalized spacial score (nSPS) is 11.0. The zero-order valence-corrected chi connectivity index (χ0v) is 20.7. The van der Waals surface area contributed by atoms with E-state index < -0.39 is 0 Å². The number of benzene rings is 1. The van der Waals surface area contributed by atoms with Crippen molar-refractivity contribution in [3.8, 4) is 11.6 Å². The van der Waals surface area contributed by atoms with E-state index in [0.717, 1.165) is 36.5 Å². The van der Waals surface area contributed by atoms with Crippen LogP contribution in [0.25, 0.3) is 0 Å². The second-order valence-electron chi connectivity index (χ2n) is 6.47. The molecule has 0 amide bonds. The Morgan fingerprint density at radius 3 is 2.77 bits per heavy atom. The third-order valence-electron chi connectivity index (χ3n) is 4.19. The number of nitrogens with one attached hydrogen (secondary N) is 2. The number of aliphatic imine (C=N–C) groups is 1. The fourth-order valence-corrected chi connectivity index (χ4v) is 3.56. The molecule has 0 saturated heterocycles. The molecule has 0 saturated carbocycles. The molecular weight excluding hydrogens is 528 g/mol. The number of pyridine rings is 1. The number of halogens is 2. The number of hydrogen-bond donors (Lipinski definition) is 2. The molecule has 0 fully saturated rings. The molecule has 0 aliphatic heterocycles. The van der Waals surface area contributed by atoms with Gasteiger partial charge in [-0.15, -0.1) is 35.3 Å². The Bertz CT molecular complexity index is 982. The molecule has 0 aliphatic carbocycles. The Kier molecular flexibility index (Phi) is 10.6. The van der Waals surface area contributed by atoms with E-state index in [-0.39, 0.29) is 29.8 Å². The predicted octanol–water partition coefficient (Wildman–Crippen LogP) is 4.95. The van der Waals surface area contributed by atoms with Crippen molar-refractivity contribution in [3.05, 3.63) is 70.1 Å². The standard InChI is InChI=1S/C22H26FN5OS.HI/c1-3-19-15-27-20(30-19)10-12-26-22(24-4-2)28-14-16-7-6-11-25-21(16)29-18-9-5-8-17(23)13-18;/h5-9,11,13,15H,3-4,10,12,14H2,1-2H3,(H2,24,26,28);1H. The Morgan fingerprint density at radius 1 is 1.16 bits per heavy atom. The molecule has 0 aliphatic rings. The number of hydrogen-bond acceptors (Lipinski definition) is 5. The van der Waals surface area contributed by atoms with Gasteiger partial charge in [0.15, 0.2) is 5.96 Å². The zero-order valence-electron chi connectivity index (χ0n) is 17.6. The van der Waals surface area contributed by atoms with Crippen LogP contribution in [0.3, 0.4) is 0 Å². The molecule has 9 heteroatoms. The molecule has 2 aromatic heterocycles. The Labute approximate surface area is 203 Å². The van der Waals surface area contributed by atoms with Gasteiger partial charge in [0.05, 0.1) is 11.6 Å². The number of ether oxygens (including phenoxy) is 1. The van der Waals surface area contributed by atoms with E-state index in [1.807, 2.05) is 25.3 Å². The van der Waals surface area contributed by atoms with E-state index in [4.69, 9.17) is 4.74 Å². The zero-order chi connectivity index (χ0) is 21.2. The molecule has 0 spiro atoms. The average molecular weight is 555 g/mol. The smallest absolute Gasteiger partial charge is 0.224 e. The third-order valence-corrected chi connectivity index (χ3v) is 5.39. The van der Waals surface area contributed by atoms with Crippen molar-refractivity contribution in [2.75, 3.05) is 13.1 Å². The molecule has 31 heavy (non-hydrogen) atoms. The summed E-state index contributed by atoms with van der Waals surface area (Å²) in [6, 6.07) is 9.73. The highest BCUT2D eigenvalue weighted by molar-refractivity contribution is 14.0. The number of guanidine groups is 1. The van der Waals surface area contributed by atoms with Crippen molar-refractivity contribution in [2.24, 2.45) is 4.99 Å². The largest absolute Gasteiger partial charge is 0.439 e. The van der Waals surface area contributed by atoms with Gasteiger partial charge in [-0.05, 0) is 31.5 Å². The van der Waals surface area contributed by atoms with Crippen LogP contribution >= 0.6 is 35.3 Å². The molecule has 2 heterocycles. The first-order chi connectivity index (χ1) is 14.7. The lowest BCUT2D eigenvalue weighted by Gasteiger charge is -2.12. The lowest BCUT2D eigenvalue weighted by atomic mass is 10.2. The maximum absolute atomic E-state index is 13.4. The first-order valence-electron chi connectivity index (χ1n) is 10.0. The molecule has 1 aromatic carbocycles. The van der Waals surface area contributed by atoms with Crippen molar-refractivity contribution in [3.63, 3.8) is 0 Å². The van der Waals surface area contributed by atoms with Gasteiger partial charge in [-0.1, -0.05) is 19.1 Å². The summed E-state index contributed by atoms with van der Waals surface area (Å²) in [5.41, 5.74) is 0.812. The van der Waals surface area contributed by atoms with Crippen molar-refractivity contribution < 1.29 is 9.13 Å². The van der Waals surface area contributed by atoms with E-state index in [2.05, 4.69) is 32.5 Å². The summed E-state index contributed by atoms with van der Waals surface area (Å²) in [4.78, 5) is 14.7. The first-order valence-corrected chi connectivity index (χ1v) is 10.8. The SMILES string of the molecule is CCNC(=NCc1cccnc1Oc1cccc(F)c1)NCCc1ncc(CC)s1.I.